The fraction of sp³-hybridized carbons (Fsp3) is 0.214. The molecule has 1 aromatic heterocycles. The Bertz CT molecular complexity index is 628. The second-order valence-corrected chi connectivity index (χ2v) is 4.41. The lowest BCUT2D eigenvalue weighted by atomic mass is 9.84. The van der Waals surface area contributed by atoms with Crippen LogP contribution < -0.4 is 5.73 Å². The first-order valence-corrected chi connectivity index (χ1v) is 5.95. The smallest absolute Gasteiger partial charge is 0.194 e. The molecule has 0 saturated carbocycles. The summed E-state index contributed by atoms with van der Waals surface area (Å²) in [4.78, 5) is 3.81. The topological polar surface area (TPSA) is 38.9 Å². The summed E-state index contributed by atoms with van der Waals surface area (Å²) < 4.78 is 53.1. The normalized spacial score (nSPS) is 14.1. The summed E-state index contributed by atoms with van der Waals surface area (Å²) in [5, 5.41) is 0. The zero-order valence-electron chi connectivity index (χ0n) is 10.6. The summed E-state index contributed by atoms with van der Waals surface area (Å²) in [5.74, 6) is -4.82. The Hall–Kier alpha value is -1.95. The van der Waals surface area contributed by atoms with Crippen LogP contribution in [0.25, 0.3) is 0 Å². The molecule has 0 amide bonds. The third-order valence-corrected chi connectivity index (χ3v) is 3.26. The van der Waals surface area contributed by atoms with E-state index in [0.717, 1.165) is 24.4 Å². The molecule has 0 aliphatic carbocycles. The minimum atomic E-state index is -1.59. The van der Waals surface area contributed by atoms with Gasteiger partial charge in [0.2, 0.25) is 0 Å². The van der Waals surface area contributed by atoms with Crippen molar-refractivity contribution in [1.82, 2.24) is 4.98 Å². The van der Waals surface area contributed by atoms with Crippen molar-refractivity contribution in [1.29, 1.82) is 0 Å². The van der Waals surface area contributed by atoms with E-state index in [0.29, 0.717) is 0 Å². The van der Waals surface area contributed by atoms with Gasteiger partial charge in [0.1, 0.15) is 5.82 Å². The SMILES string of the molecule is CCC(N)(c1ccc(F)cn1)c1ccc(F)c(F)c1F. The highest BCUT2D eigenvalue weighted by Gasteiger charge is 2.34. The van der Waals surface area contributed by atoms with Gasteiger partial charge in [0.05, 0.1) is 17.4 Å². The average molecular weight is 284 g/mol. The van der Waals surface area contributed by atoms with Crippen molar-refractivity contribution in [3.8, 4) is 0 Å². The second-order valence-electron chi connectivity index (χ2n) is 4.41. The first-order valence-electron chi connectivity index (χ1n) is 5.95. The van der Waals surface area contributed by atoms with Gasteiger partial charge in [-0.05, 0) is 24.6 Å². The molecule has 106 valence electrons. The third kappa shape index (κ3) is 2.27. The molecule has 0 bridgehead atoms. The Morgan fingerprint density at radius 3 is 2.30 bits per heavy atom. The van der Waals surface area contributed by atoms with Crippen LogP contribution in [0.3, 0.4) is 0 Å². The highest BCUT2D eigenvalue weighted by Crippen LogP contribution is 2.32. The number of rotatable bonds is 3. The summed E-state index contributed by atoms with van der Waals surface area (Å²) >= 11 is 0. The molecule has 0 fully saturated rings. The Morgan fingerprint density at radius 1 is 1.05 bits per heavy atom. The molecule has 1 atom stereocenters. The number of aromatic nitrogens is 1. The molecular formula is C14H12F4N2. The van der Waals surface area contributed by atoms with Crippen molar-refractivity contribution >= 4 is 0 Å². The molecule has 1 aromatic carbocycles. The number of halogens is 4. The first kappa shape index (κ1) is 14.5. The van der Waals surface area contributed by atoms with Gasteiger partial charge in [-0.2, -0.15) is 0 Å². The fourth-order valence-corrected chi connectivity index (χ4v) is 2.02. The number of pyridine rings is 1. The maximum atomic E-state index is 13.9. The van der Waals surface area contributed by atoms with Crippen LogP contribution in [0.1, 0.15) is 24.6 Å². The zero-order valence-corrected chi connectivity index (χ0v) is 10.6. The van der Waals surface area contributed by atoms with Gasteiger partial charge in [0.25, 0.3) is 0 Å². The molecule has 20 heavy (non-hydrogen) atoms. The zero-order chi connectivity index (χ0) is 14.9. The molecular weight excluding hydrogens is 272 g/mol. The third-order valence-electron chi connectivity index (χ3n) is 3.26. The maximum Gasteiger partial charge on any atom is 0.194 e. The predicted octanol–water partition coefficient (Wildman–Crippen LogP) is 3.25. The van der Waals surface area contributed by atoms with Gasteiger partial charge in [-0.3, -0.25) is 4.98 Å². The lowest BCUT2D eigenvalue weighted by Gasteiger charge is -2.28. The Labute approximate surface area is 113 Å². The van der Waals surface area contributed by atoms with Crippen molar-refractivity contribution in [2.24, 2.45) is 5.73 Å². The molecule has 2 nitrogen and oxygen atoms in total. The van der Waals surface area contributed by atoms with Crippen LogP contribution in [0.5, 0.6) is 0 Å². The summed E-state index contributed by atoms with van der Waals surface area (Å²) in [5.41, 5.74) is 4.58. The number of hydrogen-bond acceptors (Lipinski definition) is 2. The van der Waals surface area contributed by atoms with Gasteiger partial charge in [0.15, 0.2) is 17.5 Å². The minimum Gasteiger partial charge on any atom is -0.316 e. The van der Waals surface area contributed by atoms with Crippen LogP contribution in [0.15, 0.2) is 30.5 Å². The van der Waals surface area contributed by atoms with Gasteiger partial charge in [-0.15, -0.1) is 0 Å². The maximum absolute atomic E-state index is 13.9. The Morgan fingerprint density at radius 2 is 1.75 bits per heavy atom. The average Bonchev–Trinajstić information content (AvgIpc) is 2.45. The molecule has 1 heterocycles. The molecule has 2 N–H and O–H groups in total. The van der Waals surface area contributed by atoms with E-state index < -0.39 is 28.8 Å². The van der Waals surface area contributed by atoms with E-state index in [4.69, 9.17) is 5.73 Å². The van der Waals surface area contributed by atoms with Crippen molar-refractivity contribution in [2.45, 2.75) is 18.9 Å². The molecule has 6 heteroatoms. The lowest BCUT2D eigenvalue weighted by molar-refractivity contribution is 0.409. The van der Waals surface area contributed by atoms with Crippen LogP contribution in [0, 0.1) is 23.3 Å². The number of nitrogens with zero attached hydrogens (tertiary/aromatic N) is 1. The van der Waals surface area contributed by atoms with E-state index in [-0.39, 0.29) is 17.7 Å². The summed E-state index contributed by atoms with van der Waals surface area (Å²) in [7, 11) is 0. The van der Waals surface area contributed by atoms with Crippen molar-refractivity contribution < 1.29 is 17.6 Å². The van der Waals surface area contributed by atoms with Gasteiger partial charge >= 0.3 is 0 Å². The molecule has 1 unspecified atom stereocenters. The van der Waals surface area contributed by atoms with Gasteiger partial charge in [-0.25, -0.2) is 17.6 Å². The molecule has 0 saturated heterocycles. The van der Waals surface area contributed by atoms with E-state index in [9.17, 15) is 17.6 Å². The van der Waals surface area contributed by atoms with E-state index in [1.165, 1.54) is 6.07 Å². The molecule has 2 aromatic rings. The second kappa shape index (κ2) is 5.20. The predicted molar refractivity (Wildman–Crippen MR) is 65.8 cm³/mol. The standard InChI is InChI=1S/C14H12F4N2/c1-2-14(19,11-6-3-8(15)7-20-11)9-4-5-10(16)13(18)12(9)17/h3-7H,2,19H2,1H3. The van der Waals surface area contributed by atoms with Crippen LogP contribution in [0.2, 0.25) is 0 Å². The van der Waals surface area contributed by atoms with E-state index in [2.05, 4.69) is 4.98 Å². The van der Waals surface area contributed by atoms with Gasteiger partial charge in [0, 0.05) is 5.56 Å². The minimum absolute atomic E-state index is 0.173. The highest BCUT2D eigenvalue weighted by atomic mass is 19.2. The van der Waals surface area contributed by atoms with E-state index >= 15 is 0 Å². The molecule has 0 aliphatic rings. The van der Waals surface area contributed by atoms with Crippen molar-refractivity contribution in [3.05, 3.63) is 65.0 Å². The van der Waals surface area contributed by atoms with Crippen LogP contribution in [0.4, 0.5) is 17.6 Å². The Balaban J connectivity index is 2.62. The van der Waals surface area contributed by atoms with Crippen LogP contribution >= 0.6 is 0 Å². The molecule has 0 radical (unpaired) electrons. The lowest BCUT2D eigenvalue weighted by Crippen LogP contribution is -2.39. The number of benzene rings is 1. The molecule has 0 spiro atoms. The molecule has 2 rings (SSSR count). The fourth-order valence-electron chi connectivity index (χ4n) is 2.02. The van der Waals surface area contributed by atoms with Gasteiger partial charge < -0.3 is 5.73 Å². The largest absolute Gasteiger partial charge is 0.316 e. The summed E-state index contributed by atoms with van der Waals surface area (Å²) in [6.07, 6.45) is 1.11. The Kier molecular flexibility index (Phi) is 3.76. The van der Waals surface area contributed by atoms with Crippen molar-refractivity contribution in [2.75, 3.05) is 0 Å². The monoisotopic (exact) mass is 284 g/mol. The quantitative estimate of drug-likeness (QED) is 0.694. The van der Waals surface area contributed by atoms with Crippen LogP contribution in [-0.2, 0) is 5.54 Å². The van der Waals surface area contributed by atoms with Crippen molar-refractivity contribution in [3.63, 3.8) is 0 Å². The summed E-state index contributed by atoms with van der Waals surface area (Å²) in [6, 6.07) is 4.29. The van der Waals surface area contributed by atoms with Crippen LogP contribution in [-0.4, -0.2) is 4.98 Å². The first-order chi connectivity index (χ1) is 9.40. The summed E-state index contributed by atoms with van der Waals surface area (Å²) in [6.45, 7) is 1.64. The number of hydrogen-bond donors (Lipinski definition) is 1. The van der Waals surface area contributed by atoms with E-state index in [1.807, 2.05) is 0 Å². The van der Waals surface area contributed by atoms with E-state index in [1.54, 1.807) is 6.92 Å². The highest BCUT2D eigenvalue weighted by molar-refractivity contribution is 5.36. The molecule has 0 aliphatic heterocycles. The van der Waals surface area contributed by atoms with Gasteiger partial charge in [-0.1, -0.05) is 13.0 Å². The number of nitrogens with two attached hydrogens (primary N) is 1.